The second-order valence-electron chi connectivity index (χ2n) is 3.49. The molecule has 0 saturated carbocycles. The van der Waals surface area contributed by atoms with Gasteiger partial charge < -0.3 is 10.3 Å². The summed E-state index contributed by atoms with van der Waals surface area (Å²) in [5, 5.41) is 3.89. The minimum absolute atomic E-state index is 0.0809. The molecule has 86 valence electrons. The molecule has 0 aliphatic carbocycles. The fraction of sp³-hybridized carbons (Fsp3) is 0.400. The van der Waals surface area contributed by atoms with Gasteiger partial charge in [0.2, 0.25) is 0 Å². The van der Waals surface area contributed by atoms with E-state index in [4.69, 9.17) is 21.9 Å². The highest BCUT2D eigenvalue weighted by Crippen LogP contribution is 2.29. The summed E-state index contributed by atoms with van der Waals surface area (Å²) in [6.45, 7) is 2.03. The van der Waals surface area contributed by atoms with E-state index in [2.05, 4.69) is 10.1 Å². The number of rotatable bonds is 4. The maximum absolute atomic E-state index is 5.83. The third-order valence-corrected chi connectivity index (χ3v) is 3.44. The van der Waals surface area contributed by atoms with Crippen molar-refractivity contribution < 1.29 is 4.52 Å². The van der Waals surface area contributed by atoms with Gasteiger partial charge in [-0.25, -0.2) is 0 Å². The molecule has 0 aliphatic rings. The summed E-state index contributed by atoms with van der Waals surface area (Å²) in [5.41, 5.74) is 5.82. The number of hydrogen-bond donors (Lipinski definition) is 1. The van der Waals surface area contributed by atoms with Gasteiger partial charge in [-0.15, -0.1) is 11.3 Å². The van der Waals surface area contributed by atoms with E-state index in [9.17, 15) is 0 Å². The molecule has 2 N–H and O–H groups in total. The van der Waals surface area contributed by atoms with Crippen LogP contribution in [0, 0.1) is 0 Å². The zero-order valence-corrected chi connectivity index (χ0v) is 10.4. The Morgan fingerprint density at radius 1 is 1.56 bits per heavy atom. The van der Waals surface area contributed by atoms with E-state index < -0.39 is 0 Å². The summed E-state index contributed by atoms with van der Waals surface area (Å²) < 4.78 is 5.85. The summed E-state index contributed by atoms with van der Waals surface area (Å²) in [5.74, 6) is 1.16. The van der Waals surface area contributed by atoms with Crippen LogP contribution in [0.2, 0.25) is 4.34 Å². The zero-order chi connectivity index (χ0) is 11.5. The van der Waals surface area contributed by atoms with Crippen molar-refractivity contribution in [3.8, 4) is 10.8 Å². The molecule has 0 amide bonds. The van der Waals surface area contributed by atoms with E-state index in [0.29, 0.717) is 22.5 Å². The van der Waals surface area contributed by atoms with Gasteiger partial charge in [0.15, 0.2) is 5.82 Å². The molecular weight excluding hydrogens is 246 g/mol. The van der Waals surface area contributed by atoms with Gasteiger partial charge in [0, 0.05) is 12.5 Å². The van der Waals surface area contributed by atoms with Crippen molar-refractivity contribution in [3.63, 3.8) is 0 Å². The molecule has 2 rings (SSSR count). The summed E-state index contributed by atoms with van der Waals surface area (Å²) in [6, 6.07) is 3.75. The average Bonchev–Trinajstić information content (AvgIpc) is 2.87. The van der Waals surface area contributed by atoms with Gasteiger partial charge in [-0.3, -0.25) is 0 Å². The fourth-order valence-electron chi connectivity index (χ4n) is 1.25. The SMILES string of the molecule is CCC(N)Cc1noc(-c2ccc(Cl)s2)n1. The molecule has 1 unspecified atom stereocenters. The highest BCUT2D eigenvalue weighted by atomic mass is 35.5. The molecule has 0 fully saturated rings. The third-order valence-electron chi connectivity index (χ3n) is 2.22. The fourth-order valence-corrected chi connectivity index (χ4v) is 2.21. The molecule has 0 bridgehead atoms. The second-order valence-corrected chi connectivity index (χ2v) is 5.21. The lowest BCUT2D eigenvalue weighted by Crippen LogP contribution is -2.21. The van der Waals surface area contributed by atoms with Gasteiger partial charge in [0.25, 0.3) is 5.89 Å². The highest BCUT2D eigenvalue weighted by molar-refractivity contribution is 7.19. The summed E-state index contributed by atoms with van der Waals surface area (Å²) in [7, 11) is 0. The predicted octanol–water partition coefficient (Wildman–Crippen LogP) is 2.73. The maximum atomic E-state index is 5.83. The normalized spacial score (nSPS) is 12.9. The van der Waals surface area contributed by atoms with Gasteiger partial charge in [0.05, 0.1) is 9.21 Å². The number of hydrogen-bond acceptors (Lipinski definition) is 5. The average molecular weight is 258 g/mol. The molecule has 0 aromatic carbocycles. The van der Waals surface area contributed by atoms with Crippen LogP contribution in [0.4, 0.5) is 0 Å². The van der Waals surface area contributed by atoms with Crippen LogP contribution in [0.15, 0.2) is 16.7 Å². The molecule has 0 spiro atoms. The Hall–Kier alpha value is -0.910. The minimum atomic E-state index is 0.0809. The van der Waals surface area contributed by atoms with Crippen LogP contribution in [-0.2, 0) is 6.42 Å². The first kappa shape index (κ1) is 11.6. The number of nitrogens with zero attached hydrogens (tertiary/aromatic N) is 2. The van der Waals surface area contributed by atoms with Gasteiger partial charge in [0.1, 0.15) is 0 Å². The molecular formula is C10H12ClN3OS. The van der Waals surface area contributed by atoms with Gasteiger partial charge in [-0.05, 0) is 18.6 Å². The van der Waals surface area contributed by atoms with Gasteiger partial charge >= 0.3 is 0 Å². The van der Waals surface area contributed by atoms with Crippen molar-refractivity contribution in [2.75, 3.05) is 0 Å². The Morgan fingerprint density at radius 3 is 3.00 bits per heavy atom. The number of nitrogens with two attached hydrogens (primary N) is 1. The topological polar surface area (TPSA) is 64.9 Å². The Bertz CT molecular complexity index is 468. The standard InChI is InChI=1S/C10H12ClN3OS/c1-2-6(12)5-9-13-10(15-14-9)7-3-4-8(11)16-7/h3-4,6H,2,5,12H2,1H3. The quantitative estimate of drug-likeness (QED) is 0.915. The monoisotopic (exact) mass is 257 g/mol. The molecule has 2 aromatic rings. The molecule has 2 aromatic heterocycles. The highest BCUT2D eigenvalue weighted by Gasteiger charge is 2.12. The van der Waals surface area contributed by atoms with E-state index >= 15 is 0 Å². The molecule has 0 radical (unpaired) electrons. The van der Waals surface area contributed by atoms with Crippen molar-refractivity contribution in [1.29, 1.82) is 0 Å². The Balaban J connectivity index is 2.13. The van der Waals surface area contributed by atoms with E-state index in [1.807, 2.05) is 19.1 Å². The van der Waals surface area contributed by atoms with Crippen molar-refractivity contribution in [2.24, 2.45) is 5.73 Å². The smallest absolute Gasteiger partial charge is 0.268 e. The summed E-state index contributed by atoms with van der Waals surface area (Å²) >= 11 is 7.25. The molecule has 4 nitrogen and oxygen atoms in total. The van der Waals surface area contributed by atoms with Crippen molar-refractivity contribution >= 4 is 22.9 Å². The van der Waals surface area contributed by atoms with Crippen LogP contribution in [0.5, 0.6) is 0 Å². The lowest BCUT2D eigenvalue weighted by molar-refractivity contribution is 0.420. The summed E-state index contributed by atoms with van der Waals surface area (Å²) in [6.07, 6.45) is 1.54. The second kappa shape index (κ2) is 4.95. The van der Waals surface area contributed by atoms with Gasteiger partial charge in [-0.1, -0.05) is 23.7 Å². The molecule has 6 heteroatoms. The Kier molecular flexibility index (Phi) is 3.58. The number of aromatic nitrogens is 2. The first-order valence-electron chi connectivity index (χ1n) is 5.03. The molecule has 0 aliphatic heterocycles. The Labute approximate surface area is 102 Å². The van der Waals surface area contributed by atoms with Crippen molar-refractivity contribution in [3.05, 3.63) is 22.3 Å². The van der Waals surface area contributed by atoms with E-state index in [1.54, 1.807) is 0 Å². The maximum Gasteiger partial charge on any atom is 0.268 e. The summed E-state index contributed by atoms with van der Waals surface area (Å²) in [4.78, 5) is 5.16. The first-order valence-corrected chi connectivity index (χ1v) is 6.22. The van der Waals surface area contributed by atoms with Crippen LogP contribution < -0.4 is 5.73 Å². The van der Waals surface area contributed by atoms with Crippen LogP contribution >= 0.6 is 22.9 Å². The van der Waals surface area contributed by atoms with Crippen molar-refractivity contribution in [2.45, 2.75) is 25.8 Å². The Morgan fingerprint density at radius 2 is 2.38 bits per heavy atom. The van der Waals surface area contributed by atoms with Crippen LogP contribution in [0.25, 0.3) is 10.8 Å². The third kappa shape index (κ3) is 2.61. The molecule has 1 atom stereocenters. The van der Waals surface area contributed by atoms with E-state index in [0.717, 1.165) is 11.3 Å². The largest absolute Gasteiger partial charge is 0.333 e. The van der Waals surface area contributed by atoms with E-state index in [-0.39, 0.29) is 6.04 Å². The zero-order valence-electron chi connectivity index (χ0n) is 8.81. The predicted molar refractivity (Wildman–Crippen MR) is 64.6 cm³/mol. The van der Waals surface area contributed by atoms with Crippen molar-refractivity contribution in [1.82, 2.24) is 10.1 Å². The lowest BCUT2D eigenvalue weighted by atomic mass is 10.2. The first-order chi connectivity index (χ1) is 7.69. The van der Waals surface area contributed by atoms with Gasteiger partial charge in [-0.2, -0.15) is 4.98 Å². The number of halogens is 1. The molecule has 0 saturated heterocycles. The number of thiophene rings is 1. The van der Waals surface area contributed by atoms with Crippen LogP contribution in [-0.4, -0.2) is 16.2 Å². The van der Waals surface area contributed by atoms with Crippen LogP contribution in [0.3, 0.4) is 0 Å². The van der Waals surface area contributed by atoms with Crippen LogP contribution in [0.1, 0.15) is 19.2 Å². The van der Waals surface area contributed by atoms with E-state index in [1.165, 1.54) is 11.3 Å². The molecule has 16 heavy (non-hydrogen) atoms. The molecule has 2 heterocycles. The lowest BCUT2D eigenvalue weighted by Gasteiger charge is -2.02. The minimum Gasteiger partial charge on any atom is -0.333 e.